The molecule has 1 aromatic rings. The zero-order valence-electron chi connectivity index (χ0n) is 7.21. The Bertz CT molecular complexity index is 277. The summed E-state index contributed by atoms with van der Waals surface area (Å²) >= 11 is 1.46. The molecule has 0 aliphatic carbocycles. The summed E-state index contributed by atoms with van der Waals surface area (Å²) in [5.41, 5.74) is 0.462. The van der Waals surface area contributed by atoms with Gasteiger partial charge in [-0.1, -0.05) is 18.2 Å². The van der Waals surface area contributed by atoms with Crippen LogP contribution in [0.15, 0.2) is 35.6 Å². The molecule has 0 bridgehead atoms. The Morgan fingerprint density at radius 3 is 2.77 bits per heavy atom. The Balaban J connectivity index is 2.57. The first kappa shape index (κ1) is 9.85. The fourth-order valence-electron chi connectivity index (χ4n) is 0.731. The van der Waals surface area contributed by atoms with Crippen molar-refractivity contribution in [3.05, 3.63) is 35.5 Å². The minimum Gasteiger partial charge on any atom is -0.592 e. The molecule has 5 heteroatoms. The molecule has 70 valence electrons. The van der Waals surface area contributed by atoms with E-state index in [-0.39, 0.29) is 0 Å². The van der Waals surface area contributed by atoms with Crippen LogP contribution in [-0.4, -0.2) is 17.1 Å². The predicted molar refractivity (Wildman–Crippen MR) is 51.6 cm³/mol. The summed E-state index contributed by atoms with van der Waals surface area (Å²) in [6.45, 7) is 0. The lowest BCUT2D eigenvalue weighted by molar-refractivity contribution is -0.477. The van der Waals surface area contributed by atoms with Gasteiger partial charge < -0.3 is 10.0 Å². The van der Waals surface area contributed by atoms with Crippen LogP contribution in [0.1, 0.15) is 0 Å². The zero-order valence-corrected chi connectivity index (χ0v) is 8.03. The second-order valence-corrected chi connectivity index (χ2v) is 3.04. The highest BCUT2D eigenvalue weighted by molar-refractivity contribution is 7.98. The van der Waals surface area contributed by atoms with E-state index in [1.807, 2.05) is 12.3 Å². The van der Waals surface area contributed by atoms with Gasteiger partial charge in [0.1, 0.15) is 0 Å². The van der Waals surface area contributed by atoms with Crippen molar-refractivity contribution in [1.29, 1.82) is 0 Å². The molecule has 0 saturated heterocycles. The Morgan fingerprint density at radius 2 is 2.15 bits per heavy atom. The van der Waals surface area contributed by atoms with Gasteiger partial charge in [-0.3, -0.25) is 0 Å². The maximum Gasteiger partial charge on any atom is 0.248 e. The topological polar surface area (TPSA) is 47.7 Å². The molecule has 0 fully saturated rings. The molecule has 1 rings (SSSR count). The number of benzene rings is 1. The quantitative estimate of drug-likeness (QED) is 0.245. The summed E-state index contributed by atoms with van der Waals surface area (Å²) in [5, 5.41) is 14.5. The average Bonchev–Trinajstić information content (AvgIpc) is 2.19. The van der Waals surface area contributed by atoms with Gasteiger partial charge in [-0.15, -0.1) is 11.8 Å². The van der Waals surface area contributed by atoms with Crippen LogP contribution in [0, 0.1) is 5.21 Å². The Labute approximate surface area is 80.8 Å². The summed E-state index contributed by atoms with van der Waals surface area (Å²) in [6, 6.07) is 8.70. The number of nitrogens with zero attached hydrogens (tertiary/aromatic N) is 2. The average molecular weight is 198 g/mol. The van der Waals surface area contributed by atoms with Crippen molar-refractivity contribution in [3.63, 3.8) is 0 Å². The largest absolute Gasteiger partial charge is 0.592 e. The van der Waals surface area contributed by atoms with Crippen LogP contribution < -0.4 is 0 Å². The van der Waals surface area contributed by atoms with E-state index >= 15 is 0 Å². The van der Waals surface area contributed by atoms with Crippen LogP contribution in [0.3, 0.4) is 0 Å². The standard InChI is InChI=1S/C8H10N2O2S/c1-13-7-12-9-10(11)8-5-3-2-4-6-8/h2-6H,7H2,1H3. The van der Waals surface area contributed by atoms with Gasteiger partial charge in [0.15, 0.2) is 5.94 Å². The lowest BCUT2D eigenvalue weighted by Gasteiger charge is -1.97. The number of thioether (sulfide) groups is 1. The van der Waals surface area contributed by atoms with Crippen LogP contribution in [-0.2, 0) is 4.84 Å². The summed E-state index contributed by atoms with van der Waals surface area (Å²) in [7, 11) is 0. The number of hydrogen-bond acceptors (Lipinski definition) is 4. The van der Waals surface area contributed by atoms with Gasteiger partial charge in [0.25, 0.3) is 0 Å². The van der Waals surface area contributed by atoms with Crippen molar-refractivity contribution >= 4 is 17.4 Å². The van der Waals surface area contributed by atoms with E-state index in [2.05, 4.69) is 5.28 Å². The molecule has 4 nitrogen and oxygen atoms in total. The van der Waals surface area contributed by atoms with Crippen LogP contribution in [0.5, 0.6) is 0 Å². The van der Waals surface area contributed by atoms with Gasteiger partial charge in [0.2, 0.25) is 11.0 Å². The fraction of sp³-hybridized carbons (Fsp3) is 0.250. The van der Waals surface area contributed by atoms with Gasteiger partial charge in [-0.25, -0.2) is 0 Å². The molecular formula is C8H10N2O2S. The molecule has 1 aromatic carbocycles. The molecule has 0 N–H and O–H groups in total. The molecule has 13 heavy (non-hydrogen) atoms. The molecule has 0 atom stereocenters. The first-order chi connectivity index (χ1) is 6.34. The molecule has 0 amide bonds. The third kappa shape index (κ3) is 3.33. The molecule has 0 unspecified atom stereocenters. The van der Waals surface area contributed by atoms with Crippen molar-refractivity contribution in [3.8, 4) is 0 Å². The third-order valence-corrected chi connectivity index (χ3v) is 1.62. The first-order valence-electron chi connectivity index (χ1n) is 3.69. The van der Waals surface area contributed by atoms with Crippen molar-refractivity contribution < 1.29 is 9.70 Å². The Morgan fingerprint density at radius 1 is 1.46 bits per heavy atom. The van der Waals surface area contributed by atoms with E-state index in [4.69, 9.17) is 4.84 Å². The molecule has 0 saturated carbocycles. The summed E-state index contributed by atoms with van der Waals surface area (Å²) in [4.78, 5) is 5.15. The fourth-order valence-corrected chi connectivity index (χ4v) is 0.884. The molecule has 0 heterocycles. The minimum atomic E-state index is 0.381. The monoisotopic (exact) mass is 198 g/mol. The lowest BCUT2D eigenvalue weighted by Crippen LogP contribution is -1.92. The molecular weight excluding hydrogens is 188 g/mol. The Kier molecular flexibility index (Phi) is 4.11. The van der Waals surface area contributed by atoms with Crippen molar-refractivity contribution in [1.82, 2.24) is 0 Å². The SMILES string of the molecule is CSCON=[N+]([O-])c1ccccc1. The lowest BCUT2D eigenvalue weighted by atomic mass is 10.3. The highest BCUT2D eigenvalue weighted by Crippen LogP contribution is 2.09. The van der Waals surface area contributed by atoms with E-state index in [0.717, 1.165) is 0 Å². The number of hydrogen-bond donors (Lipinski definition) is 0. The molecule has 0 aromatic heterocycles. The van der Waals surface area contributed by atoms with Crippen LogP contribution in [0.2, 0.25) is 0 Å². The van der Waals surface area contributed by atoms with E-state index in [9.17, 15) is 5.21 Å². The van der Waals surface area contributed by atoms with Crippen LogP contribution >= 0.6 is 11.8 Å². The van der Waals surface area contributed by atoms with Gasteiger partial charge in [-0.05, 0) is 11.1 Å². The molecule has 0 spiro atoms. The van der Waals surface area contributed by atoms with Gasteiger partial charge in [0.05, 0.1) is 0 Å². The number of para-hydroxylation sites is 1. The molecule has 0 radical (unpaired) electrons. The molecule has 0 aliphatic heterocycles. The van der Waals surface area contributed by atoms with Crippen LogP contribution in [0.4, 0.5) is 5.69 Å². The molecule has 0 aliphatic rings. The van der Waals surface area contributed by atoms with Crippen molar-refractivity contribution in [2.45, 2.75) is 0 Å². The van der Waals surface area contributed by atoms with E-state index < -0.39 is 0 Å². The Hall–Kier alpha value is -1.23. The zero-order chi connectivity index (χ0) is 9.52. The highest BCUT2D eigenvalue weighted by Gasteiger charge is 2.00. The van der Waals surface area contributed by atoms with E-state index in [0.29, 0.717) is 16.5 Å². The maximum absolute atomic E-state index is 11.1. The van der Waals surface area contributed by atoms with E-state index in [1.54, 1.807) is 24.3 Å². The van der Waals surface area contributed by atoms with Crippen LogP contribution in [0.25, 0.3) is 0 Å². The second kappa shape index (κ2) is 5.42. The summed E-state index contributed by atoms with van der Waals surface area (Å²) in [5.74, 6) is 0.381. The minimum absolute atomic E-state index is 0.381. The summed E-state index contributed by atoms with van der Waals surface area (Å²) in [6.07, 6.45) is 1.87. The van der Waals surface area contributed by atoms with Crippen molar-refractivity contribution in [2.75, 3.05) is 12.2 Å². The highest BCUT2D eigenvalue weighted by atomic mass is 32.2. The van der Waals surface area contributed by atoms with Gasteiger partial charge in [0, 0.05) is 12.1 Å². The predicted octanol–water partition coefficient (Wildman–Crippen LogP) is 2.53. The second-order valence-electron chi connectivity index (χ2n) is 2.23. The van der Waals surface area contributed by atoms with Gasteiger partial charge >= 0.3 is 0 Å². The third-order valence-electron chi connectivity index (χ3n) is 1.28. The smallest absolute Gasteiger partial charge is 0.248 e. The summed E-state index contributed by atoms with van der Waals surface area (Å²) < 4.78 is 0. The first-order valence-corrected chi connectivity index (χ1v) is 5.08. The number of rotatable bonds is 4. The van der Waals surface area contributed by atoms with Gasteiger partial charge in [-0.2, -0.15) is 0 Å². The van der Waals surface area contributed by atoms with E-state index in [1.165, 1.54) is 11.8 Å². The maximum atomic E-state index is 11.1. The normalized spacial score (nSPS) is 11.3. The van der Waals surface area contributed by atoms with Crippen molar-refractivity contribution in [2.24, 2.45) is 5.28 Å².